The molecule has 18 heavy (non-hydrogen) atoms. The summed E-state index contributed by atoms with van der Waals surface area (Å²) in [5.74, 6) is 0.583. The lowest BCUT2D eigenvalue weighted by molar-refractivity contribution is -0.137. The van der Waals surface area contributed by atoms with Crippen LogP contribution in [0.3, 0.4) is 0 Å². The molecule has 1 aromatic rings. The van der Waals surface area contributed by atoms with E-state index in [1.807, 2.05) is 0 Å². The van der Waals surface area contributed by atoms with Crippen molar-refractivity contribution >= 4 is 5.69 Å². The molecule has 1 aromatic carbocycles. The van der Waals surface area contributed by atoms with Gasteiger partial charge in [-0.15, -0.1) is 0 Å². The van der Waals surface area contributed by atoms with E-state index in [0.29, 0.717) is 17.6 Å². The minimum atomic E-state index is -4.26. The van der Waals surface area contributed by atoms with Crippen LogP contribution in [0.1, 0.15) is 12.0 Å². The normalized spacial score (nSPS) is 27.6. The van der Waals surface area contributed by atoms with Gasteiger partial charge in [0.05, 0.1) is 5.56 Å². The summed E-state index contributed by atoms with van der Waals surface area (Å²) in [5.41, 5.74) is 0.135. The zero-order valence-electron chi connectivity index (χ0n) is 9.87. The summed E-state index contributed by atoms with van der Waals surface area (Å²) in [6.45, 7) is 2.72. The van der Waals surface area contributed by atoms with Gasteiger partial charge < -0.3 is 10.2 Å². The largest absolute Gasteiger partial charge is 0.416 e. The quantitative estimate of drug-likeness (QED) is 0.830. The van der Waals surface area contributed by atoms with Crippen molar-refractivity contribution < 1.29 is 13.2 Å². The predicted octanol–water partition coefficient (Wildman–Crippen LogP) is 2.50. The Balaban J connectivity index is 1.88. The van der Waals surface area contributed by atoms with Crippen molar-refractivity contribution in [3.05, 3.63) is 29.8 Å². The van der Waals surface area contributed by atoms with Gasteiger partial charge >= 0.3 is 6.18 Å². The highest BCUT2D eigenvalue weighted by Gasteiger charge is 2.38. The molecule has 0 aromatic heterocycles. The maximum Gasteiger partial charge on any atom is 0.416 e. The third kappa shape index (κ3) is 1.96. The number of hydrogen-bond acceptors (Lipinski definition) is 2. The molecular formula is C13H15F3N2. The molecule has 0 saturated carbocycles. The van der Waals surface area contributed by atoms with E-state index in [-0.39, 0.29) is 0 Å². The Morgan fingerprint density at radius 2 is 2.06 bits per heavy atom. The Kier molecular flexibility index (Phi) is 2.73. The minimum Gasteiger partial charge on any atom is -0.367 e. The topological polar surface area (TPSA) is 15.3 Å². The van der Waals surface area contributed by atoms with E-state index in [4.69, 9.17) is 0 Å². The number of halogens is 3. The summed E-state index contributed by atoms with van der Waals surface area (Å²) in [5, 5.41) is 3.30. The zero-order chi connectivity index (χ0) is 12.8. The molecule has 0 radical (unpaired) electrons. The number of rotatable bonds is 1. The van der Waals surface area contributed by atoms with Gasteiger partial charge in [-0.05, 0) is 30.5 Å². The lowest BCUT2D eigenvalue weighted by Crippen LogP contribution is -2.34. The van der Waals surface area contributed by atoms with Crippen molar-refractivity contribution in [3.63, 3.8) is 0 Å². The molecule has 2 atom stereocenters. The van der Waals surface area contributed by atoms with Crippen LogP contribution in [0.25, 0.3) is 0 Å². The Labute approximate surface area is 104 Å². The summed E-state index contributed by atoms with van der Waals surface area (Å²) in [7, 11) is 0. The van der Waals surface area contributed by atoms with Crippen LogP contribution < -0.4 is 10.2 Å². The van der Waals surface area contributed by atoms with E-state index >= 15 is 0 Å². The number of benzene rings is 1. The van der Waals surface area contributed by atoms with Crippen LogP contribution >= 0.6 is 0 Å². The average Bonchev–Trinajstić information content (AvgIpc) is 2.89. The van der Waals surface area contributed by atoms with Crippen molar-refractivity contribution in [2.45, 2.75) is 18.6 Å². The first-order valence-corrected chi connectivity index (χ1v) is 6.20. The molecule has 0 amide bonds. The Morgan fingerprint density at radius 1 is 1.22 bits per heavy atom. The fourth-order valence-corrected chi connectivity index (χ4v) is 3.03. The van der Waals surface area contributed by atoms with Gasteiger partial charge in [0.1, 0.15) is 0 Å². The molecule has 2 fully saturated rings. The highest BCUT2D eigenvalue weighted by Crippen LogP contribution is 2.35. The van der Waals surface area contributed by atoms with Gasteiger partial charge in [-0.25, -0.2) is 0 Å². The Morgan fingerprint density at radius 3 is 2.83 bits per heavy atom. The second-order valence-electron chi connectivity index (χ2n) is 5.02. The van der Waals surface area contributed by atoms with E-state index in [9.17, 15) is 13.2 Å². The van der Waals surface area contributed by atoms with E-state index in [1.54, 1.807) is 6.07 Å². The highest BCUT2D eigenvalue weighted by atomic mass is 19.4. The van der Waals surface area contributed by atoms with Crippen molar-refractivity contribution in [3.8, 4) is 0 Å². The van der Waals surface area contributed by atoms with Gasteiger partial charge in [0.25, 0.3) is 0 Å². The average molecular weight is 256 g/mol. The fraction of sp³-hybridized carbons (Fsp3) is 0.538. The number of alkyl halides is 3. The van der Waals surface area contributed by atoms with E-state index in [2.05, 4.69) is 10.2 Å². The molecule has 2 aliphatic heterocycles. The maximum atomic E-state index is 12.7. The molecular weight excluding hydrogens is 241 g/mol. The molecule has 0 spiro atoms. The molecule has 2 aliphatic rings. The number of nitrogens with zero attached hydrogens (tertiary/aromatic N) is 1. The Bertz CT molecular complexity index is 444. The highest BCUT2D eigenvalue weighted by molar-refractivity contribution is 5.51. The van der Waals surface area contributed by atoms with Gasteiger partial charge in [0.2, 0.25) is 0 Å². The first-order chi connectivity index (χ1) is 8.55. The maximum absolute atomic E-state index is 12.7. The van der Waals surface area contributed by atoms with Gasteiger partial charge in [0.15, 0.2) is 0 Å². The first-order valence-electron chi connectivity index (χ1n) is 6.20. The van der Waals surface area contributed by atoms with Crippen LogP contribution in [0, 0.1) is 5.92 Å². The molecule has 0 bridgehead atoms. The van der Waals surface area contributed by atoms with Crippen LogP contribution in [-0.4, -0.2) is 25.7 Å². The van der Waals surface area contributed by atoms with Crippen LogP contribution in [0.4, 0.5) is 18.9 Å². The predicted molar refractivity (Wildman–Crippen MR) is 63.6 cm³/mol. The number of anilines is 1. The Hall–Kier alpha value is -1.23. The zero-order valence-corrected chi connectivity index (χ0v) is 9.87. The van der Waals surface area contributed by atoms with Crippen molar-refractivity contribution in [2.24, 2.45) is 5.92 Å². The summed E-state index contributed by atoms with van der Waals surface area (Å²) in [6.07, 6.45) is -3.20. The van der Waals surface area contributed by atoms with Crippen molar-refractivity contribution in [1.82, 2.24) is 5.32 Å². The fourth-order valence-electron chi connectivity index (χ4n) is 3.03. The van der Waals surface area contributed by atoms with Gasteiger partial charge in [-0.3, -0.25) is 0 Å². The van der Waals surface area contributed by atoms with Gasteiger partial charge in [0, 0.05) is 31.4 Å². The van der Waals surface area contributed by atoms with Crippen LogP contribution in [0.15, 0.2) is 24.3 Å². The molecule has 2 nitrogen and oxygen atoms in total. The molecule has 5 heteroatoms. The molecule has 1 N–H and O–H groups in total. The van der Waals surface area contributed by atoms with Crippen LogP contribution in [0.2, 0.25) is 0 Å². The summed E-state index contributed by atoms with van der Waals surface area (Å²) in [4.78, 5) is 2.11. The lowest BCUT2D eigenvalue weighted by Gasteiger charge is -2.26. The molecule has 2 saturated heterocycles. The molecule has 2 heterocycles. The summed E-state index contributed by atoms with van der Waals surface area (Å²) in [6, 6.07) is 6.02. The van der Waals surface area contributed by atoms with E-state index in [1.165, 1.54) is 12.1 Å². The molecule has 3 rings (SSSR count). The summed E-state index contributed by atoms with van der Waals surface area (Å²) < 4.78 is 38.1. The number of hydrogen-bond donors (Lipinski definition) is 1. The van der Waals surface area contributed by atoms with E-state index in [0.717, 1.165) is 32.1 Å². The first kappa shape index (κ1) is 11.8. The monoisotopic (exact) mass is 256 g/mol. The van der Waals surface area contributed by atoms with Gasteiger partial charge in [-0.2, -0.15) is 13.2 Å². The van der Waals surface area contributed by atoms with Crippen molar-refractivity contribution in [1.29, 1.82) is 0 Å². The van der Waals surface area contributed by atoms with Crippen molar-refractivity contribution in [2.75, 3.05) is 24.5 Å². The molecule has 98 valence electrons. The third-order valence-corrected chi connectivity index (χ3v) is 3.95. The standard InChI is InChI=1S/C13H15F3N2/c14-13(15,16)10-2-1-3-11(6-10)18-5-4-9-7-17-8-12(9)18/h1-3,6,9,12,17H,4-5,7-8H2. The SMILES string of the molecule is FC(F)(F)c1cccc(N2CCC3CNCC32)c1. The lowest BCUT2D eigenvalue weighted by atomic mass is 10.0. The third-order valence-electron chi connectivity index (χ3n) is 3.95. The molecule has 0 aliphatic carbocycles. The second-order valence-corrected chi connectivity index (χ2v) is 5.02. The summed E-state index contributed by atoms with van der Waals surface area (Å²) >= 11 is 0. The van der Waals surface area contributed by atoms with Crippen LogP contribution in [-0.2, 0) is 6.18 Å². The second kappa shape index (κ2) is 4.16. The number of fused-ring (bicyclic) bond motifs is 1. The van der Waals surface area contributed by atoms with Crippen LogP contribution in [0.5, 0.6) is 0 Å². The number of nitrogens with one attached hydrogen (secondary N) is 1. The van der Waals surface area contributed by atoms with Gasteiger partial charge in [-0.1, -0.05) is 6.07 Å². The minimum absolute atomic E-state index is 0.355. The van der Waals surface area contributed by atoms with E-state index < -0.39 is 11.7 Å². The smallest absolute Gasteiger partial charge is 0.367 e. The molecule has 2 unspecified atom stereocenters.